The van der Waals surface area contributed by atoms with Gasteiger partial charge >= 0.3 is 0 Å². The fourth-order valence-electron chi connectivity index (χ4n) is 3.00. The molecule has 0 saturated heterocycles. The van der Waals surface area contributed by atoms with Gasteiger partial charge in [0.1, 0.15) is 10.8 Å². The highest BCUT2D eigenvalue weighted by molar-refractivity contribution is 7.13. The Bertz CT molecular complexity index is 1080. The lowest BCUT2D eigenvalue weighted by molar-refractivity contribution is -0.115. The van der Waals surface area contributed by atoms with Gasteiger partial charge < -0.3 is 5.32 Å². The Kier molecular flexibility index (Phi) is 5.30. The van der Waals surface area contributed by atoms with Crippen LogP contribution in [0.15, 0.2) is 72.2 Å². The van der Waals surface area contributed by atoms with Crippen molar-refractivity contribution < 1.29 is 4.79 Å². The van der Waals surface area contributed by atoms with Crippen LogP contribution >= 0.6 is 11.3 Å². The third-order valence-electron chi connectivity index (χ3n) is 4.31. The zero-order valence-electron chi connectivity index (χ0n) is 15.5. The van der Waals surface area contributed by atoms with E-state index in [-0.39, 0.29) is 12.3 Å². The fourth-order valence-corrected chi connectivity index (χ4v) is 3.83. The Morgan fingerprint density at radius 2 is 1.96 bits per heavy atom. The van der Waals surface area contributed by atoms with E-state index in [1.165, 1.54) is 5.56 Å². The fraction of sp³-hybridized carbons (Fsp3) is 0.136. The van der Waals surface area contributed by atoms with Crippen LogP contribution in [0.4, 0.5) is 5.82 Å². The minimum absolute atomic E-state index is 0.101. The summed E-state index contributed by atoms with van der Waals surface area (Å²) in [5.74, 6) is 0.584. The van der Waals surface area contributed by atoms with Crippen molar-refractivity contribution in [2.24, 2.45) is 0 Å². The number of nitrogens with zero attached hydrogens (tertiary/aromatic N) is 3. The zero-order chi connectivity index (χ0) is 19.3. The maximum absolute atomic E-state index is 12.5. The number of carbonyl (C=O) groups excluding carboxylic acids is 1. The molecule has 140 valence electrons. The van der Waals surface area contributed by atoms with Gasteiger partial charge in [-0.1, -0.05) is 60.2 Å². The Morgan fingerprint density at radius 3 is 2.79 bits per heavy atom. The maximum Gasteiger partial charge on any atom is 0.231 e. The van der Waals surface area contributed by atoms with Crippen LogP contribution in [0.25, 0.3) is 10.6 Å². The number of benzene rings is 2. The highest BCUT2D eigenvalue weighted by Crippen LogP contribution is 2.23. The first-order chi connectivity index (χ1) is 13.7. The minimum Gasteiger partial charge on any atom is -0.311 e. The average Bonchev–Trinajstić information content (AvgIpc) is 3.32. The van der Waals surface area contributed by atoms with Crippen LogP contribution in [-0.2, 0) is 17.8 Å². The monoisotopic (exact) mass is 388 g/mol. The highest BCUT2D eigenvalue weighted by atomic mass is 32.1. The number of aromatic nitrogens is 3. The molecule has 0 radical (unpaired) electrons. The van der Waals surface area contributed by atoms with Gasteiger partial charge in [0, 0.05) is 17.0 Å². The Balaban J connectivity index is 1.41. The summed E-state index contributed by atoms with van der Waals surface area (Å²) in [7, 11) is 0. The van der Waals surface area contributed by atoms with Gasteiger partial charge in [0.25, 0.3) is 0 Å². The standard InChI is InChI=1S/C22H20N4OS/c1-16-6-5-7-17(12-16)14-26-20(10-11-23-26)25-21(27)13-19-15-28-22(24-19)18-8-3-2-4-9-18/h2-12,15H,13-14H2,1H3,(H,25,27). The minimum atomic E-state index is -0.101. The molecule has 1 N–H and O–H groups in total. The number of carbonyl (C=O) groups is 1. The average molecular weight is 388 g/mol. The molecule has 0 aliphatic rings. The topological polar surface area (TPSA) is 59.8 Å². The predicted octanol–water partition coefficient (Wildman–Crippen LogP) is 4.54. The van der Waals surface area contributed by atoms with Crippen molar-refractivity contribution in [3.05, 3.63) is 89.1 Å². The van der Waals surface area contributed by atoms with Gasteiger partial charge in [0.05, 0.1) is 24.9 Å². The molecule has 0 aliphatic heterocycles. The van der Waals surface area contributed by atoms with Crippen LogP contribution in [0.1, 0.15) is 16.8 Å². The number of anilines is 1. The molecule has 5 nitrogen and oxygen atoms in total. The lowest BCUT2D eigenvalue weighted by Gasteiger charge is -2.09. The van der Waals surface area contributed by atoms with Gasteiger partial charge in [-0.2, -0.15) is 5.10 Å². The third-order valence-corrected chi connectivity index (χ3v) is 5.25. The summed E-state index contributed by atoms with van der Waals surface area (Å²) in [5, 5.41) is 10.1. The number of hydrogen-bond donors (Lipinski definition) is 1. The second-order valence-electron chi connectivity index (χ2n) is 6.60. The molecule has 2 aromatic carbocycles. The molecular formula is C22H20N4OS. The van der Waals surface area contributed by atoms with E-state index in [1.807, 2.05) is 47.8 Å². The van der Waals surface area contributed by atoms with Gasteiger partial charge in [-0.05, 0) is 12.5 Å². The normalized spacial score (nSPS) is 10.8. The van der Waals surface area contributed by atoms with Crippen LogP contribution in [0.2, 0.25) is 0 Å². The van der Waals surface area contributed by atoms with Crippen LogP contribution in [0, 0.1) is 6.92 Å². The molecule has 0 unspecified atom stereocenters. The van der Waals surface area contributed by atoms with Crippen molar-refractivity contribution in [3.63, 3.8) is 0 Å². The summed E-state index contributed by atoms with van der Waals surface area (Å²) in [6.45, 7) is 2.67. The highest BCUT2D eigenvalue weighted by Gasteiger charge is 2.12. The quantitative estimate of drug-likeness (QED) is 0.527. The van der Waals surface area contributed by atoms with Crippen molar-refractivity contribution in [1.29, 1.82) is 0 Å². The molecule has 0 atom stereocenters. The largest absolute Gasteiger partial charge is 0.311 e. The summed E-state index contributed by atoms with van der Waals surface area (Å²) in [6.07, 6.45) is 1.93. The number of rotatable bonds is 6. The SMILES string of the molecule is Cc1cccc(Cn2nccc2NC(=O)Cc2csc(-c3ccccc3)n2)c1. The van der Waals surface area contributed by atoms with Gasteiger partial charge in [-0.25, -0.2) is 9.67 Å². The number of amides is 1. The van der Waals surface area contributed by atoms with E-state index in [2.05, 4.69) is 40.5 Å². The Morgan fingerprint density at radius 1 is 1.11 bits per heavy atom. The van der Waals surface area contributed by atoms with Crippen LogP contribution in [0.5, 0.6) is 0 Å². The molecule has 1 amide bonds. The summed E-state index contributed by atoms with van der Waals surface area (Å²) in [4.78, 5) is 17.1. The second kappa shape index (κ2) is 8.19. The molecule has 28 heavy (non-hydrogen) atoms. The van der Waals surface area contributed by atoms with E-state index in [1.54, 1.807) is 22.2 Å². The third kappa shape index (κ3) is 4.35. The molecule has 2 aromatic heterocycles. The molecule has 4 aromatic rings. The Labute approximate surface area is 167 Å². The van der Waals surface area contributed by atoms with E-state index in [9.17, 15) is 4.79 Å². The van der Waals surface area contributed by atoms with Crippen molar-refractivity contribution in [3.8, 4) is 10.6 Å². The van der Waals surface area contributed by atoms with E-state index in [4.69, 9.17) is 0 Å². The van der Waals surface area contributed by atoms with Crippen molar-refractivity contribution in [2.45, 2.75) is 19.9 Å². The number of nitrogens with one attached hydrogen (secondary N) is 1. The zero-order valence-corrected chi connectivity index (χ0v) is 16.3. The van der Waals surface area contributed by atoms with Gasteiger partial charge in [0.15, 0.2) is 0 Å². The lowest BCUT2D eigenvalue weighted by atomic mass is 10.1. The molecule has 0 spiro atoms. The predicted molar refractivity (Wildman–Crippen MR) is 112 cm³/mol. The van der Waals surface area contributed by atoms with Crippen LogP contribution < -0.4 is 5.32 Å². The molecule has 0 aliphatic carbocycles. The van der Waals surface area contributed by atoms with Gasteiger partial charge in [-0.15, -0.1) is 11.3 Å². The lowest BCUT2D eigenvalue weighted by Crippen LogP contribution is -2.18. The summed E-state index contributed by atoms with van der Waals surface area (Å²) < 4.78 is 1.79. The smallest absolute Gasteiger partial charge is 0.231 e. The van der Waals surface area contributed by atoms with E-state index in [0.717, 1.165) is 21.8 Å². The number of aryl methyl sites for hydroxylation is 1. The molecule has 4 rings (SSSR count). The summed E-state index contributed by atoms with van der Waals surface area (Å²) in [6, 6.07) is 20.1. The van der Waals surface area contributed by atoms with Crippen LogP contribution in [0.3, 0.4) is 0 Å². The molecule has 0 bridgehead atoms. The van der Waals surface area contributed by atoms with E-state index >= 15 is 0 Å². The van der Waals surface area contributed by atoms with Gasteiger partial charge in [-0.3, -0.25) is 4.79 Å². The molecule has 0 saturated carbocycles. The van der Waals surface area contributed by atoms with Crippen molar-refractivity contribution in [1.82, 2.24) is 14.8 Å². The first-order valence-electron chi connectivity index (χ1n) is 9.04. The first kappa shape index (κ1) is 18.1. The Hall–Kier alpha value is -3.25. The van der Waals surface area contributed by atoms with E-state index < -0.39 is 0 Å². The number of hydrogen-bond acceptors (Lipinski definition) is 4. The first-order valence-corrected chi connectivity index (χ1v) is 9.92. The van der Waals surface area contributed by atoms with Crippen LogP contribution in [-0.4, -0.2) is 20.7 Å². The van der Waals surface area contributed by atoms with Gasteiger partial charge in [0.2, 0.25) is 5.91 Å². The van der Waals surface area contributed by atoms with E-state index in [0.29, 0.717) is 12.4 Å². The maximum atomic E-state index is 12.5. The summed E-state index contributed by atoms with van der Waals surface area (Å²) in [5.41, 5.74) is 4.18. The number of thiazole rings is 1. The molecular weight excluding hydrogens is 368 g/mol. The van der Waals surface area contributed by atoms with Crippen molar-refractivity contribution >= 4 is 23.1 Å². The second-order valence-corrected chi connectivity index (χ2v) is 7.46. The molecule has 6 heteroatoms. The molecule has 2 heterocycles. The van der Waals surface area contributed by atoms with Crippen molar-refractivity contribution in [2.75, 3.05) is 5.32 Å². The summed E-state index contributed by atoms with van der Waals surface area (Å²) >= 11 is 1.55. The molecule has 0 fully saturated rings.